The number of halogens is 1. The summed E-state index contributed by atoms with van der Waals surface area (Å²) in [5, 5.41) is 4.98. The third-order valence-electron chi connectivity index (χ3n) is 4.01. The van der Waals surface area contributed by atoms with E-state index < -0.39 is 0 Å². The predicted molar refractivity (Wildman–Crippen MR) is 104 cm³/mol. The molecule has 4 rings (SSSR count). The van der Waals surface area contributed by atoms with Crippen LogP contribution in [0.15, 0.2) is 42.5 Å². The number of aryl methyl sites for hydroxylation is 2. The summed E-state index contributed by atoms with van der Waals surface area (Å²) in [4.78, 5) is 21.5. The summed E-state index contributed by atoms with van der Waals surface area (Å²) in [6.07, 6.45) is 0. The van der Waals surface area contributed by atoms with E-state index in [1.165, 1.54) is 11.3 Å². The summed E-state index contributed by atoms with van der Waals surface area (Å²) in [6.45, 7) is 3.92. The van der Waals surface area contributed by atoms with Crippen LogP contribution in [0, 0.1) is 13.8 Å². The first-order valence-corrected chi connectivity index (χ1v) is 8.95. The van der Waals surface area contributed by atoms with Crippen LogP contribution in [0.25, 0.3) is 21.1 Å². The standard InChI is InChI=1S/C19H14ClN3OS/c1-10-3-7-14(20)17-16(10)22-19(25-17)23-18(24)13-6-8-15-12(9-13)5-4-11(2)21-15/h3-9H,1-2H3,(H,22,23,24). The quantitative estimate of drug-likeness (QED) is 0.518. The van der Waals surface area contributed by atoms with Crippen molar-refractivity contribution in [2.24, 2.45) is 0 Å². The molecule has 0 radical (unpaired) electrons. The molecule has 0 aliphatic carbocycles. The molecule has 0 fully saturated rings. The zero-order valence-corrected chi connectivity index (χ0v) is 15.2. The number of thiazole rings is 1. The van der Waals surface area contributed by atoms with Gasteiger partial charge >= 0.3 is 0 Å². The van der Waals surface area contributed by atoms with Gasteiger partial charge in [0.1, 0.15) is 0 Å². The number of carbonyl (C=O) groups is 1. The molecule has 4 nitrogen and oxygen atoms in total. The van der Waals surface area contributed by atoms with Crippen molar-refractivity contribution in [2.75, 3.05) is 5.32 Å². The van der Waals surface area contributed by atoms with Gasteiger partial charge in [0.2, 0.25) is 0 Å². The van der Waals surface area contributed by atoms with Crippen molar-refractivity contribution < 1.29 is 4.79 Å². The number of amides is 1. The number of benzene rings is 2. The first-order valence-electron chi connectivity index (χ1n) is 7.76. The maximum Gasteiger partial charge on any atom is 0.257 e. The number of pyridine rings is 1. The largest absolute Gasteiger partial charge is 0.298 e. The van der Waals surface area contributed by atoms with E-state index in [0.717, 1.165) is 32.4 Å². The number of fused-ring (bicyclic) bond motifs is 2. The number of rotatable bonds is 2. The number of hydrogen-bond acceptors (Lipinski definition) is 4. The topological polar surface area (TPSA) is 54.9 Å². The van der Waals surface area contributed by atoms with E-state index in [2.05, 4.69) is 15.3 Å². The lowest BCUT2D eigenvalue weighted by molar-refractivity contribution is 0.102. The minimum absolute atomic E-state index is 0.199. The second kappa shape index (κ2) is 6.10. The maximum absolute atomic E-state index is 12.6. The molecule has 0 saturated carbocycles. The molecule has 0 spiro atoms. The molecule has 0 atom stereocenters. The molecule has 6 heteroatoms. The molecule has 0 unspecified atom stereocenters. The number of nitrogens with one attached hydrogen (secondary N) is 1. The van der Waals surface area contributed by atoms with Crippen LogP contribution in [0.4, 0.5) is 5.13 Å². The normalized spacial score (nSPS) is 11.2. The van der Waals surface area contributed by atoms with E-state index in [-0.39, 0.29) is 5.91 Å². The van der Waals surface area contributed by atoms with Gasteiger partial charge in [-0.25, -0.2) is 4.98 Å². The van der Waals surface area contributed by atoms with Crippen LogP contribution in [-0.2, 0) is 0 Å². The smallest absolute Gasteiger partial charge is 0.257 e. The Morgan fingerprint density at radius 2 is 1.92 bits per heavy atom. The highest BCUT2D eigenvalue weighted by Crippen LogP contribution is 2.34. The molecule has 0 bridgehead atoms. The highest BCUT2D eigenvalue weighted by atomic mass is 35.5. The molecule has 0 saturated heterocycles. The number of anilines is 1. The third kappa shape index (κ3) is 2.97. The second-order valence-electron chi connectivity index (χ2n) is 5.88. The van der Waals surface area contributed by atoms with Crippen molar-refractivity contribution in [1.29, 1.82) is 0 Å². The molecule has 2 aromatic carbocycles. The molecule has 124 valence electrons. The summed E-state index contributed by atoms with van der Waals surface area (Å²) in [6, 6.07) is 13.1. The van der Waals surface area contributed by atoms with E-state index in [1.54, 1.807) is 6.07 Å². The van der Waals surface area contributed by atoms with Gasteiger partial charge in [-0.05, 0) is 49.7 Å². The summed E-state index contributed by atoms with van der Waals surface area (Å²) in [5.74, 6) is -0.199. The van der Waals surface area contributed by atoms with Crippen LogP contribution >= 0.6 is 22.9 Å². The van der Waals surface area contributed by atoms with Gasteiger partial charge in [-0.1, -0.05) is 35.1 Å². The van der Waals surface area contributed by atoms with Crippen LogP contribution < -0.4 is 5.32 Å². The van der Waals surface area contributed by atoms with Crippen molar-refractivity contribution in [3.8, 4) is 0 Å². The lowest BCUT2D eigenvalue weighted by atomic mass is 10.1. The van der Waals surface area contributed by atoms with E-state index in [4.69, 9.17) is 11.6 Å². The van der Waals surface area contributed by atoms with Crippen molar-refractivity contribution in [2.45, 2.75) is 13.8 Å². The fraction of sp³-hybridized carbons (Fsp3) is 0.105. The third-order valence-corrected chi connectivity index (χ3v) is 5.44. The van der Waals surface area contributed by atoms with E-state index in [1.807, 2.05) is 50.2 Å². The molecule has 1 N–H and O–H groups in total. The van der Waals surface area contributed by atoms with Gasteiger partial charge in [0.25, 0.3) is 5.91 Å². The fourth-order valence-corrected chi connectivity index (χ4v) is 3.90. The van der Waals surface area contributed by atoms with Gasteiger partial charge in [-0.2, -0.15) is 0 Å². The Morgan fingerprint density at radius 1 is 1.08 bits per heavy atom. The molecular weight excluding hydrogens is 354 g/mol. The molecular formula is C19H14ClN3OS. The van der Waals surface area contributed by atoms with Crippen molar-refractivity contribution in [3.05, 3.63) is 64.3 Å². The minimum Gasteiger partial charge on any atom is -0.298 e. The number of aromatic nitrogens is 2. The predicted octanol–water partition coefficient (Wildman–Crippen LogP) is 5.37. The fourth-order valence-electron chi connectivity index (χ4n) is 2.69. The van der Waals surface area contributed by atoms with Gasteiger partial charge in [-0.3, -0.25) is 15.1 Å². The zero-order valence-electron chi connectivity index (χ0n) is 13.6. The van der Waals surface area contributed by atoms with Gasteiger partial charge in [0.05, 0.1) is 20.8 Å². The van der Waals surface area contributed by atoms with Gasteiger partial charge < -0.3 is 0 Å². The minimum atomic E-state index is -0.199. The summed E-state index contributed by atoms with van der Waals surface area (Å²) in [5.41, 5.74) is 4.25. The zero-order chi connectivity index (χ0) is 17.6. The van der Waals surface area contributed by atoms with Crippen LogP contribution in [0.5, 0.6) is 0 Å². The molecule has 2 heterocycles. The van der Waals surface area contributed by atoms with Gasteiger partial charge in [0.15, 0.2) is 5.13 Å². The Morgan fingerprint density at radius 3 is 2.72 bits per heavy atom. The van der Waals surface area contributed by atoms with Crippen molar-refractivity contribution >= 4 is 55.1 Å². The molecule has 0 aliphatic heterocycles. The Labute approximate surface area is 153 Å². The summed E-state index contributed by atoms with van der Waals surface area (Å²) < 4.78 is 0.884. The van der Waals surface area contributed by atoms with Gasteiger partial charge in [-0.15, -0.1) is 0 Å². The van der Waals surface area contributed by atoms with Gasteiger partial charge in [0, 0.05) is 16.6 Å². The van der Waals surface area contributed by atoms with Crippen molar-refractivity contribution in [1.82, 2.24) is 9.97 Å². The second-order valence-corrected chi connectivity index (χ2v) is 7.28. The average Bonchev–Trinajstić information content (AvgIpc) is 3.03. The Bertz CT molecular complexity index is 1100. The lowest BCUT2D eigenvalue weighted by Crippen LogP contribution is -2.11. The first kappa shape index (κ1) is 16.0. The van der Waals surface area contributed by atoms with E-state index in [0.29, 0.717) is 15.7 Å². The summed E-state index contributed by atoms with van der Waals surface area (Å²) >= 11 is 7.60. The van der Waals surface area contributed by atoms with Crippen molar-refractivity contribution in [3.63, 3.8) is 0 Å². The van der Waals surface area contributed by atoms with Crippen LogP contribution in [0.3, 0.4) is 0 Å². The van der Waals surface area contributed by atoms with Crippen LogP contribution in [0.2, 0.25) is 5.02 Å². The Kier molecular flexibility index (Phi) is 3.90. The van der Waals surface area contributed by atoms with E-state index >= 15 is 0 Å². The molecule has 1 amide bonds. The molecule has 25 heavy (non-hydrogen) atoms. The molecule has 0 aliphatic rings. The highest BCUT2D eigenvalue weighted by molar-refractivity contribution is 7.23. The van der Waals surface area contributed by atoms with Crippen LogP contribution in [-0.4, -0.2) is 15.9 Å². The summed E-state index contributed by atoms with van der Waals surface area (Å²) in [7, 11) is 0. The molecule has 4 aromatic rings. The molecule has 2 aromatic heterocycles. The maximum atomic E-state index is 12.6. The number of carbonyl (C=O) groups excluding carboxylic acids is 1. The van der Waals surface area contributed by atoms with Crippen LogP contribution in [0.1, 0.15) is 21.6 Å². The van der Waals surface area contributed by atoms with E-state index in [9.17, 15) is 4.79 Å². The number of hydrogen-bond donors (Lipinski definition) is 1. The SMILES string of the molecule is Cc1ccc2cc(C(=O)Nc3nc4c(C)ccc(Cl)c4s3)ccc2n1. The lowest BCUT2D eigenvalue weighted by Gasteiger charge is -2.04. The first-order chi connectivity index (χ1) is 12.0. The number of nitrogens with zero attached hydrogens (tertiary/aromatic N) is 2. The monoisotopic (exact) mass is 367 g/mol. The Balaban J connectivity index is 1.67. The highest BCUT2D eigenvalue weighted by Gasteiger charge is 2.13. The Hall–Kier alpha value is -2.50. The average molecular weight is 368 g/mol.